The van der Waals surface area contributed by atoms with E-state index in [2.05, 4.69) is 5.32 Å². The van der Waals surface area contributed by atoms with Crippen molar-refractivity contribution >= 4 is 22.8 Å². The van der Waals surface area contributed by atoms with E-state index in [0.717, 1.165) is 18.2 Å². The third-order valence-electron chi connectivity index (χ3n) is 5.41. The van der Waals surface area contributed by atoms with Gasteiger partial charge in [0.25, 0.3) is 5.91 Å². The van der Waals surface area contributed by atoms with Gasteiger partial charge < -0.3 is 5.32 Å². The molecule has 1 N–H and O–H groups in total. The zero-order valence-corrected chi connectivity index (χ0v) is 19.0. The van der Waals surface area contributed by atoms with Crippen LogP contribution in [0.4, 0.5) is 22.0 Å². The first-order valence-electron chi connectivity index (χ1n) is 10.5. The van der Waals surface area contributed by atoms with Crippen molar-refractivity contribution in [3.63, 3.8) is 0 Å². The maximum atomic E-state index is 14.4. The summed E-state index contributed by atoms with van der Waals surface area (Å²) in [5.74, 6) is -3.41. The number of rotatable bonds is 7. The van der Waals surface area contributed by atoms with Crippen LogP contribution in [0.5, 0.6) is 0 Å². The second-order valence-electron chi connectivity index (χ2n) is 8.12. The molecule has 0 radical (unpaired) electrons. The van der Waals surface area contributed by atoms with Crippen LogP contribution in [0.25, 0.3) is 6.08 Å². The number of carbonyl (C=O) groups is 1. The molecule has 0 spiro atoms. The van der Waals surface area contributed by atoms with Crippen molar-refractivity contribution in [2.24, 2.45) is 0 Å². The van der Waals surface area contributed by atoms with E-state index in [-0.39, 0.29) is 33.9 Å². The van der Waals surface area contributed by atoms with E-state index in [1.165, 1.54) is 31.2 Å². The summed E-state index contributed by atoms with van der Waals surface area (Å²) in [5.41, 5.74) is 0.184. The molecule has 1 saturated heterocycles. The van der Waals surface area contributed by atoms with Crippen molar-refractivity contribution in [1.82, 2.24) is 5.32 Å². The Balaban J connectivity index is 1.84. The van der Waals surface area contributed by atoms with Crippen LogP contribution in [0.1, 0.15) is 51.9 Å². The Kier molecular flexibility index (Phi) is 7.72. The van der Waals surface area contributed by atoms with Crippen LogP contribution < -0.4 is 5.32 Å². The summed E-state index contributed by atoms with van der Waals surface area (Å²) in [7, 11) is -0.971. The summed E-state index contributed by atoms with van der Waals surface area (Å²) >= 11 is 0. The lowest BCUT2D eigenvalue weighted by atomic mass is 9.92. The molecular formula is C24H24F5NO2S. The largest absolute Gasteiger partial charge is 0.399 e. The summed E-state index contributed by atoms with van der Waals surface area (Å²) in [6.07, 6.45) is -1.69. The van der Waals surface area contributed by atoms with Gasteiger partial charge in [-0.05, 0) is 47.7 Å². The summed E-state index contributed by atoms with van der Waals surface area (Å²) in [6.45, 7) is 3.24. The van der Waals surface area contributed by atoms with Crippen molar-refractivity contribution < 1.29 is 31.0 Å². The Morgan fingerprint density at radius 1 is 1.21 bits per heavy atom. The van der Waals surface area contributed by atoms with Crippen molar-refractivity contribution in [2.75, 3.05) is 11.5 Å². The van der Waals surface area contributed by atoms with Gasteiger partial charge in [0.2, 0.25) is 0 Å². The number of halogens is 5. The van der Waals surface area contributed by atoms with Crippen LogP contribution in [-0.4, -0.2) is 33.8 Å². The number of aryl methyl sites for hydroxylation is 2. The van der Waals surface area contributed by atoms with E-state index in [4.69, 9.17) is 0 Å². The average Bonchev–Trinajstić information content (AvgIpc) is 2.69. The lowest BCUT2D eigenvalue weighted by Gasteiger charge is -2.25. The molecule has 33 heavy (non-hydrogen) atoms. The third-order valence-corrected chi connectivity index (χ3v) is 6.96. The van der Waals surface area contributed by atoms with E-state index in [1.54, 1.807) is 0 Å². The average molecular weight is 486 g/mol. The van der Waals surface area contributed by atoms with E-state index >= 15 is 0 Å². The van der Waals surface area contributed by atoms with Crippen molar-refractivity contribution in [3.05, 3.63) is 75.9 Å². The minimum Gasteiger partial charge on any atom is -0.347 e. The fourth-order valence-electron chi connectivity index (χ4n) is 3.69. The molecule has 1 amide bonds. The number of alkyl halides is 3. The topological polar surface area (TPSA) is 46.2 Å². The second-order valence-corrected chi connectivity index (χ2v) is 9.67. The smallest absolute Gasteiger partial charge is 0.347 e. The number of carbonyl (C=O) groups excluding carboxylic acids is 1. The van der Waals surface area contributed by atoms with Crippen molar-refractivity contribution in [1.29, 1.82) is 0 Å². The van der Waals surface area contributed by atoms with Crippen LogP contribution in [0.3, 0.4) is 0 Å². The Hall–Kier alpha value is -2.55. The summed E-state index contributed by atoms with van der Waals surface area (Å²) in [6, 6.07) is 5.66. The fraction of sp³-hybridized carbons (Fsp3) is 0.375. The molecule has 1 atom stereocenters. The highest BCUT2D eigenvalue weighted by molar-refractivity contribution is 7.86. The number of benzene rings is 2. The zero-order chi connectivity index (χ0) is 24.3. The van der Waals surface area contributed by atoms with Gasteiger partial charge in [-0.2, -0.15) is 13.2 Å². The second kappa shape index (κ2) is 10.2. The molecule has 2 aromatic carbocycles. The van der Waals surface area contributed by atoms with Gasteiger partial charge in [-0.3, -0.25) is 9.00 Å². The number of hydrogen-bond acceptors (Lipinski definition) is 2. The van der Waals surface area contributed by atoms with E-state index < -0.39 is 40.4 Å². The van der Waals surface area contributed by atoms with Gasteiger partial charge in [0, 0.05) is 22.3 Å². The lowest BCUT2D eigenvalue weighted by molar-refractivity contribution is -0.139. The van der Waals surface area contributed by atoms with Crippen molar-refractivity contribution in [3.8, 4) is 0 Å². The third kappa shape index (κ3) is 6.07. The highest BCUT2D eigenvalue weighted by Gasteiger charge is 2.39. The van der Waals surface area contributed by atoms with Gasteiger partial charge >= 0.3 is 6.18 Å². The van der Waals surface area contributed by atoms with E-state index in [0.29, 0.717) is 24.3 Å². The first-order valence-corrected chi connectivity index (χ1v) is 12.0. The van der Waals surface area contributed by atoms with Crippen LogP contribution in [0.2, 0.25) is 0 Å². The molecule has 3 nitrogen and oxygen atoms in total. The molecule has 2 aromatic rings. The molecule has 1 heterocycles. The van der Waals surface area contributed by atoms with Gasteiger partial charge in [0.1, 0.15) is 11.6 Å². The molecule has 1 aliphatic heterocycles. The normalized spacial score (nSPS) is 19.4. The molecule has 0 aromatic heterocycles. The fourth-order valence-corrected chi connectivity index (χ4v) is 4.65. The van der Waals surface area contributed by atoms with Crippen LogP contribution in [-0.2, 0) is 17.2 Å². The first-order chi connectivity index (χ1) is 15.5. The minimum absolute atomic E-state index is 0.0875. The molecule has 1 aliphatic rings. The SMILES string of the molecule is CCCc1cc(C(/C=C/c2ccc(C(=O)NC3CS(=O)C3)c(F)c2)C(F)(F)F)cc(C)c1F. The minimum atomic E-state index is -4.63. The zero-order valence-electron chi connectivity index (χ0n) is 18.1. The summed E-state index contributed by atoms with van der Waals surface area (Å²) in [5, 5.41) is 2.57. The van der Waals surface area contributed by atoms with Gasteiger partial charge in [0.05, 0.1) is 17.5 Å². The molecule has 178 valence electrons. The lowest BCUT2D eigenvalue weighted by Crippen LogP contribution is -2.50. The van der Waals surface area contributed by atoms with Crippen LogP contribution in [0, 0.1) is 18.6 Å². The quantitative estimate of drug-likeness (QED) is 0.531. The predicted octanol–water partition coefficient (Wildman–Crippen LogP) is 5.45. The number of amides is 1. The molecule has 1 unspecified atom stereocenters. The molecule has 9 heteroatoms. The van der Waals surface area contributed by atoms with E-state index in [9.17, 15) is 31.0 Å². The van der Waals surface area contributed by atoms with Crippen LogP contribution >= 0.6 is 0 Å². The monoisotopic (exact) mass is 485 g/mol. The Labute approximate surface area is 191 Å². The molecule has 3 rings (SSSR count). The van der Waals surface area contributed by atoms with E-state index in [1.807, 2.05) is 6.92 Å². The molecule has 1 fully saturated rings. The van der Waals surface area contributed by atoms with Crippen LogP contribution in [0.15, 0.2) is 36.4 Å². The number of nitrogens with one attached hydrogen (secondary N) is 1. The Morgan fingerprint density at radius 3 is 2.48 bits per heavy atom. The highest BCUT2D eigenvalue weighted by Crippen LogP contribution is 2.38. The highest BCUT2D eigenvalue weighted by atomic mass is 32.2. The standard InChI is InChI=1S/C24H24F5NO2S/c1-3-4-16-11-17(9-14(2)22(16)26)20(24(27,28)29)8-6-15-5-7-19(21(25)10-15)23(31)30-18-12-33(32)13-18/h5-11,18,20H,3-4,12-13H2,1-2H3,(H,30,31)/b8-6+. The molecular weight excluding hydrogens is 461 g/mol. The van der Waals surface area contributed by atoms with Gasteiger partial charge in [0.15, 0.2) is 0 Å². The maximum Gasteiger partial charge on any atom is 0.399 e. The van der Waals surface area contributed by atoms with Crippen molar-refractivity contribution in [2.45, 2.75) is 44.8 Å². The Bertz CT molecular complexity index is 1090. The number of allylic oxidation sites excluding steroid dienone is 1. The summed E-state index contributed by atoms with van der Waals surface area (Å²) < 4.78 is 81.2. The first kappa shape index (κ1) is 25.1. The van der Waals surface area contributed by atoms with Gasteiger partial charge in [-0.25, -0.2) is 8.78 Å². The molecule has 0 bridgehead atoms. The molecule has 0 aliphatic carbocycles. The Morgan fingerprint density at radius 2 is 1.91 bits per heavy atom. The maximum absolute atomic E-state index is 14.4. The molecule has 0 saturated carbocycles. The predicted molar refractivity (Wildman–Crippen MR) is 118 cm³/mol. The number of hydrogen-bond donors (Lipinski definition) is 1. The summed E-state index contributed by atoms with van der Waals surface area (Å²) in [4.78, 5) is 12.2. The van der Waals surface area contributed by atoms with Gasteiger partial charge in [-0.1, -0.05) is 43.7 Å². The van der Waals surface area contributed by atoms with Gasteiger partial charge in [-0.15, -0.1) is 0 Å².